The zero-order valence-electron chi connectivity index (χ0n) is 14.9. The number of nitrogens with one attached hydrogen (secondary N) is 1. The molecule has 3 rings (SSSR count). The fourth-order valence-corrected chi connectivity index (χ4v) is 2.53. The van der Waals surface area contributed by atoms with Crippen LogP contribution in [0.2, 0.25) is 0 Å². The number of carbonyl (C=O) groups is 1. The summed E-state index contributed by atoms with van der Waals surface area (Å²) >= 11 is 0. The Morgan fingerprint density at radius 3 is 2.23 bits per heavy atom. The van der Waals surface area contributed by atoms with E-state index in [0.717, 1.165) is 22.4 Å². The largest absolute Gasteiger partial charge is 0.465 e. The normalized spacial score (nSPS) is 10.7. The predicted octanol–water partition coefficient (Wildman–Crippen LogP) is 5.50. The van der Waals surface area contributed by atoms with Crippen LogP contribution in [0.15, 0.2) is 85.1 Å². The van der Waals surface area contributed by atoms with Crippen LogP contribution in [-0.4, -0.2) is 5.91 Å². The van der Waals surface area contributed by atoms with Gasteiger partial charge >= 0.3 is 0 Å². The average Bonchev–Trinajstić information content (AvgIpc) is 2.66. The quantitative estimate of drug-likeness (QED) is 0.490. The molecule has 0 heterocycles. The monoisotopic (exact) mass is 343 g/mol. The van der Waals surface area contributed by atoms with Crippen LogP contribution < -0.4 is 10.1 Å². The van der Waals surface area contributed by atoms with Crippen molar-refractivity contribution in [2.45, 2.75) is 13.8 Å². The summed E-state index contributed by atoms with van der Waals surface area (Å²) in [6, 6.07) is 23.7. The van der Waals surface area contributed by atoms with E-state index in [1.165, 1.54) is 17.9 Å². The molecule has 0 fully saturated rings. The summed E-state index contributed by atoms with van der Waals surface area (Å²) in [4.78, 5) is 12.0. The smallest absolute Gasteiger partial charge is 0.251 e. The highest BCUT2D eigenvalue weighted by atomic mass is 16.5. The first-order valence-electron chi connectivity index (χ1n) is 8.49. The van der Waals surface area contributed by atoms with Gasteiger partial charge in [0.2, 0.25) is 0 Å². The molecular formula is C23H21NO2. The second kappa shape index (κ2) is 8.17. The highest BCUT2D eigenvalue weighted by Gasteiger charge is 2.01. The maximum absolute atomic E-state index is 12.0. The summed E-state index contributed by atoms with van der Waals surface area (Å²) in [5, 5.41) is 2.82. The second-order valence-electron chi connectivity index (χ2n) is 6.10. The van der Waals surface area contributed by atoms with Crippen molar-refractivity contribution in [2.75, 3.05) is 5.32 Å². The fourth-order valence-electron chi connectivity index (χ4n) is 2.53. The molecule has 26 heavy (non-hydrogen) atoms. The van der Waals surface area contributed by atoms with Crippen molar-refractivity contribution >= 4 is 11.6 Å². The molecule has 1 amide bonds. The minimum absolute atomic E-state index is 0.228. The number of rotatable bonds is 5. The van der Waals surface area contributed by atoms with Crippen LogP contribution >= 0.6 is 0 Å². The third-order valence-electron chi connectivity index (χ3n) is 4.16. The van der Waals surface area contributed by atoms with Gasteiger partial charge in [0.1, 0.15) is 5.75 Å². The average molecular weight is 343 g/mol. The molecule has 3 heteroatoms. The molecule has 0 bridgehead atoms. The lowest BCUT2D eigenvalue weighted by Crippen LogP contribution is -2.08. The molecule has 0 aliphatic rings. The van der Waals surface area contributed by atoms with Crippen LogP contribution in [0.4, 0.5) is 5.69 Å². The maximum atomic E-state index is 12.0. The number of carbonyl (C=O) groups excluding carboxylic acids is 1. The van der Waals surface area contributed by atoms with Gasteiger partial charge in [-0.05, 0) is 60.4 Å². The van der Waals surface area contributed by atoms with Gasteiger partial charge in [-0.2, -0.15) is 0 Å². The van der Waals surface area contributed by atoms with Crippen molar-refractivity contribution in [1.82, 2.24) is 0 Å². The van der Waals surface area contributed by atoms with E-state index >= 15 is 0 Å². The summed E-state index contributed by atoms with van der Waals surface area (Å²) in [7, 11) is 0. The SMILES string of the molecule is Cc1ccc(NC(=O)C=COc2ccc(-c3ccccc3)cc2)cc1C. The lowest BCUT2D eigenvalue weighted by molar-refractivity contribution is -0.112. The molecule has 0 unspecified atom stereocenters. The highest BCUT2D eigenvalue weighted by molar-refractivity contribution is 5.99. The van der Waals surface area contributed by atoms with E-state index in [1.54, 1.807) is 0 Å². The van der Waals surface area contributed by atoms with E-state index in [1.807, 2.05) is 74.5 Å². The van der Waals surface area contributed by atoms with Crippen LogP contribution in [0.25, 0.3) is 11.1 Å². The number of benzene rings is 3. The van der Waals surface area contributed by atoms with Crippen LogP contribution in [-0.2, 0) is 4.79 Å². The number of aryl methyl sites for hydroxylation is 2. The molecule has 3 nitrogen and oxygen atoms in total. The minimum atomic E-state index is -0.228. The summed E-state index contributed by atoms with van der Waals surface area (Å²) < 4.78 is 5.51. The van der Waals surface area contributed by atoms with Gasteiger partial charge in [-0.15, -0.1) is 0 Å². The number of anilines is 1. The van der Waals surface area contributed by atoms with Gasteiger partial charge in [-0.25, -0.2) is 0 Å². The first kappa shape index (κ1) is 17.5. The standard InChI is InChI=1S/C23H21NO2/c1-17-8-11-21(16-18(17)2)24-23(25)14-15-26-22-12-9-20(10-13-22)19-6-4-3-5-7-19/h3-16H,1-2H3,(H,24,25). The van der Waals surface area contributed by atoms with Crippen molar-refractivity contribution in [3.63, 3.8) is 0 Å². The van der Waals surface area contributed by atoms with E-state index in [-0.39, 0.29) is 5.91 Å². The first-order valence-corrected chi connectivity index (χ1v) is 8.49. The van der Waals surface area contributed by atoms with Crippen molar-refractivity contribution in [3.05, 3.63) is 96.3 Å². The lowest BCUT2D eigenvalue weighted by Gasteiger charge is -2.06. The van der Waals surface area contributed by atoms with Crippen LogP contribution in [0.3, 0.4) is 0 Å². The van der Waals surface area contributed by atoms with Gasteiger partial charge in [-0.1, -0.05) is 48.5 Å². The van der Waals surface area contributed by atoms with E-state index in [2.05, 4.69) is 17.4 Å². The van der Waals surface area contributed by atoms with Gasteiger partial charge in [-0.3, -0.25) is 4.79 Å². The summed E-state index contributed by atoms with van der Waals surface area (Å²) in [5.41, 5.74) is 5.38. The van der Waals surface area contributed by atoms with Crippen LogP contribution in [0, 0.1) is 13.8 Å². The fraction of sp³-hybridized carbons (Fsp3) is 0.0870. The van der Waals surface area contributed by atoms with E-state index in [9.17, 15) is 4.79 Å². The molecule has 0 radical (unpaired) electrons. The zero-order chi connectivity index (χ0) is 18.4. The Balaban J connectivity index is 1.56. The number of hydrogen-bond acceptors (Lipinski definition) is 2. The Kier molecular flexibility index (Phi) is 5.49. The molecule has 0 atom stereocenters. The Morgan fingerprint density at radius 2 is 1.54 bits per heavy atom. The van der Waals surface area contributed by atoms with Crippen molar-refractivity contribution in [2.24, 2.45) is 0 Å². The van der Waals surface area contributed by atoms with Crippen LogP contribution in [0.5, 0.6) is 5.75 Å². The summed E-state index contributed by atoms with van der Waals surface area (Å²) in [6.45, 7) is 4.06. The van der Waals surface area contributed by atoms with E-state index in [0.29, 0.717) is 5.75 Å². The highest BCUT2D eigenvalue weighted by Crippen LogP contribution is 2.22. The Hall–Kier alpha value is -3.33. The first-order chi connectivity index (χ1) is 12.6. The van der Waals surface area contributed by atoms with Gasteiger partial charge in [0.05, 0.1) is 6.26 Å². The Labute approximate surface area is 154 Å². The lowest BCUT2D eigenvalue weighted by atomic mass is 10.1. The predicted molar refractivity (Wildman–Crippen MR) is 106 cm³/mol. The topological polar surface area (TPSA) is 38.3 Å². The molecule has 3 aromatic carbocycles. The van der Waals surface area contributed by atoms with Crippen LogP contribution in [0.1, 0.15) is 11.1 Å². The molecule has 1 N–H and O–H groups in total. The summed E-state index contributed by atoms with van der Waals surface area (Å²) in [5.74, 6) is 0.453. The molecule has 0 aromatic heterocycles. The summed E-state index contributed by atoms with van der Waals surface area (Å²) in [6.07, 6.45) is 2.77. The molecule has 0 aliphatic carbocycles. The molecule has 0 saturated heterocycles. The third-order valence-corrected chi connectivity index (χ3v) is 4.16. The number of ether oxygens (including phenoxy) is 1. The number of hydrogen-bond donors (Lipinski definition) is 1. The minimum Gasteiger partial charge on any atom is -0.465 e. The molecule has 130 valence electrons. The van der Waals surface area contributed by atoms with Gasteiger partial charge in [0.15, 0.2) is 0 Å². The van der Waals surface area contributed by atoms with Gasteiger partial charge < -0.3 is 10.1 Å². The molecule has 0 saturated carbocycles. The van der Waals surface area contributed by atoms with Crippen molar-refractivity contribution in [3.8, 4) is 16.9 Å². The Morgan fingerprint density at radius 1 is 0.846 bits per heavy atom. The maximum Gasteiger partial charge on any atom is 0.251 e. The van der Waals surface area contributed by atoms with Gasteiger partial charge in [0.25, 0.3) is 5.91 Å². The number of amides is 1. The molecule has 3 aromatic rings. The van der Waals surface area contributed by atoms with E-state index in [4.69, 9.17) is 4.74 Å². The van der Waals surface area contributed by atoms with Crippen molar-refractivity contribution < 1.29 is 9.53 Å². The molecular weight excluding hydrogens is 322 g/mol. The second-order valence-corrected chi connectivity index (χ2v) is 6.10. The van der Waals surface area contributed by atoms with E-state index < -0.39 is 0 Å². The molecule has 0 aliphatic heterocycles. The zero-order valence-corrected chi connectivity index (χ0v) is 14.9. The van der Waals surface area contributed by atoms with Gasteiger partial charge in [0, 0.05) is 11.8 Å². The Bertz CT molecular complexity index is 913. The third kappa shape index (κ3) is 4.61. The van der Waals surface area contributed by atoms with Crippen molar-refractivity contribution in [1.29, 1.82) is 0 Å². The molecule has 0 spiro atoms.